The number of rotatable bonds is 3. The molecule has 0 saturated carbocycles. The van der Waals surface area contributed by atoms with E-state index in [-0.39, 0.29) is 0 Å². The minimum Gasteiger partial charge on any atom is -0.238 e. The highest BCUT2D eigenvalue weighted by Gasteiger charge is 1.99. The van der Waals surface area contributed by atoms with Crippen LogP contribution < -0.4 is 0 Å². The molecular formula is C9H13ClN2. The van der Waals surface area contributed by atoms with Crippen LogP contribution in [0.15, 0.2) is 6.07 Å². The van der Waals surface area contributed by atoms with Crippen molar-refractivity contribution in [2.45, 2.75) is 33.1 Å². The number of halogens is 1. The van der Waals surface area contributed by atoms with Gasteiger partial charge in [-0.1, -0.05) is 31.9 Å². The lowest BCUT2D eigenvalue weighted by Gasteiger charge is -2.01. The second-order valence-electron chi connectivity index (χ2n) is 2.70. The SMILES string of the molecule is CCCc1cc(Cl)nc(CC)n1. The van der Waals surface area contributed by atoms with Crippen molar-refractivity contribution in [1.82, 2.24) is 9.97 Å². The fraction of sp³-hybridized carbons (Fsp3) is 0.556. The summed E-state index contributed by atoms with van der Waals surface area (Å²) in [7, 11) is 0. The van der Waals surface area contributed by atoms with E-state index in [1.807, 2.05) is 13.0 Å². The van der Waals surface area contributed by atoms with E-state index >= 15 is 0 Å². The van der Waals surface area contributed by atoms with Crippen LogP contribution in [0.25, 0.3) is 0 Å². The van der Waals surface area contributed by atoms with E-state index in [9.17, 15) is 0 Å². The van der Waals surface area contributed by atoms with Gasteiger partial charge in [-0.3, -0.25) is 0 Å². The molecular weight excluding hydrogens is 172 g/mol. The van der Waals surface area contributed by atoms with Crippen LogP contribution in [0.5, 0.6) is 0 Å². The standard InChI is InChI=1S/C9H13ClN2/c1-3-5-7-6-8(10)12-9(4-2)11-7/h6H,3-5H2,1-2H3. The smallest absolute Gasteiger partial charge is 0.133 e. The Morgan fingerprint density at radius 2 is 2.08 bits per heavy atom. The molecule has 1 rings (SSSR count). The maximum absolute atomic E-state index is 5.81. The van der Waals surface area contributed by atoms with Crippen molar-refractivity contribution in [3.8, 4) is 0 Å². The molecule has 0 aromatic carbocycles. The molecule has 0 radical (unpaired) electrons. The molecule has 0 unspecified atom stereocenters. The average molecular weight is 185 g/mol. The zero-order valence-electron chi connectivity index (χ0n) is 7.47. The molecule has 0 saturated heterocycles. The predicted octanol–water partition coefficient (Wildman–Crippen LogP) is 2.64. The molecule has 3 heteroatoms. The zero-order chi connectivity index (χ0) is 8.97. The van der Waals surface area contributed by atoms with Gasteiger partial charge in [0.1, 0.15) is 11.0 Å². The molecule has 2 nitrogen and oxygen atoms in total. The molecule has 0 amide bonds. The highest BCUT2D eigenvalue weighted by molar-refractivity contribution is 6.29. The van der Waals surface area contributed by atoms with Crippen LogP contribution in [0.4, 0.5) is 0 Å². The van der Waals surface area contributed by atoms with E-state index in [1.54, 1.807) is 0 Å². The highest BCUT2D eigenvalue weighted by Crippen LogP contribution is 2.09. The second kappa shape index (κ2) is 4.41. The fourth-order valence-corrected chi connectivity index (χ4v) is 1.28. The molecule has 1 heterocycles. The van der Waals surface area contributed by atoms with E-state index in [4.69, 9.17) is 11.6 Å². The molecule has 0 aliphatic rings. The summed E-state index contributed by atoms with van der Waals surface area (Å²) in [5, 5.41) is 0.560. The molecule has 0 N–H and O–H groups in total. The Hall–Kier alpha value is -0.630. The van der Waals surface area contributed by atoms with Gasteiger partial charge < -0.3 is 0 Å². The summed E-state index contributed by atoms with van der Waals surface area (Å²) >= 11 is 5.81. The van der Waals surface area contributed by atoms with Crippen LogP contribution in [0.1, 0.15) is 31.8 Å². The highest BCUT2D eigenvalue weighted by atomic mass is 35.5. The Morgan fingerprint density at radius 3 is 2.67 bits per heavy atom. The normalized spacial score (nSPS) is 10.2. The van der Waals surface area contributed by atoms with Gasteiger partial charge in [0, 0.05) is 12.1 Å². The summed E-state index contributed by atoms with van der Waals surface area (Å²) < 4.78 is 0. The van der Waals surface area contributed by atoms with Crippen molar-refractivity contribution < 1.29 is 0 Å². The molecule has 0 spiro atoms. The number of aryl methyl sites for hydroxylation is 2. The van der Waals surface area contributed by atoms with E-state index in [0.29, 0.717) is 5.15 Å². The molecule has 66 valence electrons. The molecule has 1 aromatic heterocycles. The fourth-order valence-electron chi connectivity index (χ4n) is 1.06. The second-order valence-corrected chi connectivity index (χ2v) is 3.09. The molecule has 0 fully saturated rings. The van der Waals surface area contributed by atoms with Crippen molar-refractivity contribution in [1.29, 1.82) is 0 Å². The van der Waals surface area contributed by atoms with Crippen molar-refractivity contribution in [2.24, 2.45) is 0 Å². The van der Waals surface area contributed by atoms with Crippen LogP contribution in [-0.2, 0) is 12.8 Å². The van der Waals surface area contributed by atoms with Crippen LogP contribution in [0.3, 0.4) is 0 Å². The Bertz CT molecular complexity index is 261. The zero-order valence-corrected chi connectivity index (χ0v) is 8.23. The summed E-state index contributed by atoms with van der Waals surface area (Å²) in [6, 6.07) is 1.84. The van der Waals surface area contributed by atoms with Gasteiger partial charge in [-0.25, -0.2) is 9.97 Å². The Kier molecular flexibility index (Phi) is 3.48. The molecule has 0 bridgehead atoms. The first-order chi connectivity index (χ1) is 5.76. The third-order valence-electron chi connectivity index (χ3n) is 1.62. The van der Waals surface area contributed by atoms with Crippen LogP contribution in [-0.4, -0.2) is 9.97 Å². The van der Waals surface area contributed by atoms with E-state index in [1.165, 1.54) is 0 Å². The maximum Gasteiger partial charge on any atom is 0.133 e. The summed E-state index contributed by atoms with van der Waals surface area (Å²) in [6.45, 7) is 4.16. The molecule has 1 aromatic rings. The first-order valence-electron chi connectivity index (χ1n) is 4.28. The number of aromatic nitrogens is 2. The van der Waals surface area contributed by atoms with Gasteiger partial charge >= 0.3 is 0 Å². The molecule has 0 aliphatic heterocycles. The van der Waals surface area contributed by atoms with E-state index < -0.39 is 0 Å². The molecule has 0 aliphatic carbocycles. The largest absolute Gasteiger partial charge is 0.238 e. The number of hydrogen-bond donors (Lipinski definition) is 0. The first-order valence-corrected chi connectivity index (χ1v) is 4.66. The van der Waals surface area contributed by atoms with Gasteiger partial charge in [0.2, 0.25) is 0 Å². The van der Waals surface area contributed by atoms with Gasteiger partial charge in [-0.2, -0.15) is 0 Å². The van der Waals surface area contributed by atoms with Gasteiger partial charge in [0.25, 0.3) is 0 Å². The van der Waals surface area contributed by atoms with Crippen LogP contribution >= 0.6 is 11.6 Å². The molecule has 0 atom stereocenters. The van der Waals surface area contributed by atoms with Crippen molar-refractivity contribution in [2.75, 3.05) is 0 Å². The lowest BCUT2D eigenvalue weighted by atomic mass is 10.2. The van der Waals surface area contributed by atoms with Gasteiger partial charge in [0.05, 0.1) is 0 Å². The number of hydrogen-bond acceptors (Lipinski definition) is 2. The van der Waals surface area contributed by atoms with Crippen molar-refractivity contribution in [3.05, 3.63) is 22.7 Å². The van der Waals surface area contributed by atoms with Crippen molar-refractivity contribution >= 4 is 11.6 Å². The van der Waals surface area contributed by atoms with Gasteiger partial charge in [-0.15, -0.1) is 0 Å². The summed E-state index contributed by atoms with van der Waals surface area (Å²) in [6.07, 6.45) is 2.92. The van der Waals surface area contributed by atoms with Gasteiger partial charge in [-0.05, 0) is 12.5 Å². The lowest BCUT2D eigenvalue weighted by molar-refractivity contribution is 0.834. The first kappa shape index (κ1) is 9.46. The van der Waals surface area contributed by atoms with E-state index in [2.05, 4.69) is 16.9 Å². The van der Waals surface area contributed by atoms with Gasteiger partial charge in [0.15, 0.2) is 0 Å². The summed E-state index contributed by atoms with van der Waals surface area (Å²) in [4.78, 5) is 8.44. The quantitative estimate of drug-likeness (QED) is 0.675. The maximum atomic E-state index is 5.81. The Labute approximate surface area is 78.0 Å². The minimum absolute atomic E-state index is 0.560. The molecule has 12 heavy (non-hydrogen) atoms. The third-order valence-corrected chi connectivity index (χ3v) is 1.81. The third kappa shape index (κ3) is 2.45. The van der Waals surface area contributed by atoms with Crippen molar-refractivity contribution in [3.63, 3.8) is 0 Å². The number of nitrogens with zero attached hydrogens (tertiary/aromatic N) is 2. The Morgan fingerprint density at radius 1 is 1.33 bits per heavy atom. The summed E-state index contributed by atoms with van der Waals surface area (Å²) in [5.41, 5.74) is 1.05. The average Bonchev–Trinajstić information content (AvgIpc) is 2.04. The monoisotopic (exact) mass is 184 g/mol. The topological polar surface area (TPSA) is 25.8 Å². The summed E-state index contributed by atoms with van der Waals surface area (Å²) in [5.74, 6) is 0.839. The predicted molar refractivity (Wildman–Crippen MR) is 50.4 cm³/mol. The minimum atomic E-state index is 0.560. The van der Waals surface area contributed by atoms with Crippen LogP contribution in [0.2, 0.25) is 5.15 Å². The Balaban J connectivity index is 2.90. The van der Waals surface area contributed by atoms with Crippen LogP contribution in [0, 0.1) is 0 Å². The lowest BCUT2D eigenvalue weighted by Crippen LogP contribution is -1.98. The van der Waals surface area contributed by atoms with E-state index in [0.717, 1.165) is 30.8 Å².